The van der Waals surface area contributed by atoms with Gasteiger partial charge in [0.05, 0.1) is 22.0 Å². The van der Waals surface area contributed by atoms with Crippen LogP contribution in [0.4, 0.5) is 17.6 Å². The summed E-state index contributed by atoms with van der Waals surface area (Å²) in [6, 6.07) is 2.56. The van der Waals surface area contributed by atoms with Crippen LogP contribution in [0.15, 0.2) is 54.2 Å². The third kappa shape index (κ3) is 7.61. The zero-order valence-corrected chi connectivity index (χ0v) is 17.9. The number of hydrogen-bond acceptors (Lipinski definition) is 3. The molecule has 0 atom stereocenters. The molecule has 1 aromatic carbocycles. The Kier molecular flexibility index (Phi) is 8.56. The highest BCUT2D eigenvalue weighted by Crippen LogP contribution is 2.32. The number of amides is 1. The van der Waals surface area contributed by atoms with Crippen molar-refractivity contribution in [1.29, 1.82) is 0 Å². The second-order valence-electron chi connectivity index (χ2n) is 7.68. The van der Waals surface area contributed by atoms with Crippen molar-refractivity contribution in [2.45, 2.75) is 44.8 Å². The van der Waals surface area contributed by atoms with Gasteiger partial charge in [0.25, 0.3) is 5.91 Å². The lowest BCUT2D eigenvalue weighted by Crippen LogP contribution is -2.39. The predicted molar refractivity (Wildman–Crippen MR) is 114 cm³/mol. The highest BCUT2D eigenvalue weighted by Gasteiger charge is 2.32. The zero-order chi connectivity index (χ0) is 23.2. The average molecular weight is 460 g/mol. The van der Waals surface area contributed by atoms with E-state index in [1.54, 1.807) is 6.92 Å². The lowest BCUT2D eigenvalue weighted by Gasteiger charge is -2.29. The topological polar surface area (TPSA) is 67.2 Å². The zero-order valence-electron chi connectivity index (χ0n) is 17.2. The van der Waals surface area contributed by atoms with Crippen molar-refractivity contribution in [2.24, 2.45) is 11.7 Å². The molecule has 0 unspecified atom stereocenters. The van der Waals surface area contributed by atoms with Crippen LogP contribution < -0.4 is 16.4 Å². The maximum Gasteiger partial charge on any atom is 0.416 e. The Morgan fingerprint density at radius 2 is 1.90 bits per heavy atom. The highest BCUT2D eigenvalue weighted by molar-refractivity contribution is 6.33. The van der Waals surface area contributed by atoms with Crippen LogP contribution in [0.2, 0.25) is 5.02 Å². The first-order valence-corrected chi connectivity index (χ1v) is 10.3. The Morgan fingerprint density at radius 3 is 2.48 bits per heavy atom. The van der Waals surface area contributed by atoms with E-state index in [9.17, 15) is 22.4 Å². The molecule has 1 aliphatic carbocycles. The number of halogens is 5. The number of nitrogens with two attached hydrogens (primary N) is 1. The average Bonchev–Trinajstić information content (AvgIpc) is 2.70. The van der Waals surface area contributed by atoms with Gasteiger partial charge in [0.2, 0.25) is 0 Å². The Balaban J connectivity index is 1.84. The molecule has 1 amide bonds. The maximum absolute atomic E-state index is 13.4. The molecule has 4 nitrogen and oxygen atoms in total. The van der Waals surface area contributed by atoms with Crippen LogP contribution in [0.5, 0.6) is 0 Å². The molecular formula is C22H26ClF4N3O. The number of carbonyl (C=O) groups excluding carboxylic acids is 1. The van der Waals surface area contributed by atoms with E-state index in [1.165, 1.54) is 12.2 Å². The minimum absolute atomic E-state index is 0.0252. The van der Waals surface area contributed by atoms with Crippen molar-refractivity contribution in [2.75, 3.05) is 6.54 Å². The summed E-state index contributed by atoms with van der Waals surface area (Å²) < 4.78 is 52.1. The second-order valence-corrected chi connectivity index (χ2v) is 8.09. The Morgan fingerprint density at radius 1 is 1.26 bits per heavy atom. The van der Waals surface area contributed by atoms with E-state index in [4.69, 9.17) is 17.3 Å². The first kappa shape index (κ1) is 24.8. The molecule has 0 aliphatic heterocycles. The lowest BCUT2D eigenvalue weighted by atomic mass is 9.86. The van der Waals surface area contributed by atoms with Gasteiger partial charge in [-0.2, -0.15) is 13.2 Å². The maximum atomic E-state index is 13.4. The third-order valence-electron chi connectivity index (χ3n) is 5.13. The fraction of sp³-hybridized carbons (Fsp3) is 0.409. The van der Waals surface area contributed by atoms with Crippen molar-refractivity contribution in [3.05, 3.63) is 70.3 Å². The predicted octanol–water partition coefficient (Wildman–Crippen LogP) is 5.47. The molecule has 0 bridgehead atoms. The van der Waals surface area contributed by atoms with Crippen molar-refractivity contribution in [1.82, 2.24) is 10.6 Å². The van der Waals surface area contributed by atoms with Crippen LogP contribution in [0.3, 0.4) is 0 Å². The Hall–Kier alpha value is -2.48. The van der Waals surface area contributed by atoms with Gasteiger partial charge in [-0.25, -0.2) is 4.39 Å². The number of benzene rings is 1. The Labute approximate surface area is 184 Å². The molecule has 0 heterocycles. The highest BCUT2D eigenvalue weighted by atomic mass is 35.5. The van der Waals surface area contributed by atoms with Crippen LogP contribution in [0.25, 0.3) is 0 Å². The van der Waals surface area contributed by atoms with Gasteiger partial charge in [0, 0.05) is 12.6 Å². The summed E-state index contributed by atoms with van der Waals surface area (Å²) in [6.45, 7) is 5.66. The van der Waals surface area contributed by atoms with E-state index in [1.807, 2.05) is 0 Å². The smallest absolute Gasteiger partial charge is 0.386 e. The molecule has 0 radical (unpaired) electrons. The van der Waals surface area contributed by atoms with Crippen LogP contribution in [0.1, 0.15) is 48.5 Å². The van der Waals surface area contributed by atoms with Gasteiger partial charge in [0.1, 0.15) is 5.83 Å². The van der Waals surface area contributed by atoms with Crippen molar-refractivity contribution in [3.8, 4) is 0 Å². The summed E-state index contributed by atoms with van der Waals surface area (Å²) in [5.41, 5.74) is 5.03. The summed E-state index contributed by atoms with van der Waals surface area (Å²) >= 11 is 5.93. The number of hydrogen-bond donors (Lipinski definition) is 3. The van der Waals surface area contributed by atoms with Crippen molar-refractivity contribution >= 4 is 17.5 Å². The molecule has 1 fully saturated rings. The Bertz CT molecular complexity index is 872. The fourth-order valence-corrected chi connectivity index (χ4v) is 3.48. The molecule has 0 saturated heterocycles. The van der Waals surface area contributed by atoms with Gasteiger partial charge < -0.3 is 16.4 Å². The standard InChI is InChI=1S/C22H26ClF4N3O/c1-13(2)19(24)9-10-20(28)29-12-14-3-6-16(7-4-14)30-21(31)17-11-15(22(25,26)27)5-8-18(17)23/h5,8-11,14,16,29H,1,3-4,6-7,12,28H2,2H3,(H,30,31)/b19-9+,20-10+/t14-,16-. The van der Waals surface area contributed by atoms with E-state index in [-0.39, 0.29) is 16.6 Å². The van der Waals surface area contributed by atoms with Gasteiger partial charge in [-0.15, -0.1) is 0 Å². The molecular weight excluding hydrogens is 434 g/mol. The second kappa shape index (κ2) is 10.7. The van der Waals surface area contributed by atoms with E-state index < -0.39 is 23.5 Å². The van der Waals surface area contributed by atoms with Gasteiger partial charge >= 0.3 is 6.18 Å². The number of rotatable bonds is 7. The summed E-state index contributed by atoms with van der Waals surface area (Å²) in [5.74, 6) is -0.406. The van der Waals surface area contributed by atoms with E-state index in [2.05, 4.69) is 17.2 Å². The van der Waals surface area contributed by atoms with E-state index in [0.717, 1.165) is 31.0 Å². The van der Waals surface area contributed by atoms with Crippen LogP contribution >= 0.6 is 11.6 Å². The molecule has 31 heavy (non-hydrogen) atoms. The molecule has 1 aliphatic rings. The van der Waals surface area contributed by atoms with Crippen molar-refractivity contribution < 1.29 is 22.4 Å². The molecule has 4 N–H and O–H groups in total. The molecule has 9 heteroatoms. The van der Waals surface area contributed by atoms with Gasteiger partial charge in [-0.3, -0.25) is 4.79 Å². The third-order valence-corrected chi connectivity index (χ3v) is 5.46. The first-order valence-electron chi connectivity index (χ1n) is 9.87. The molecule has 0 spiro atoms. The van der Waals surface area contributed by atoms with Crippen LogP contribution in [-0.2, 0) is 6.18 Å². The quantitative estimate of drug-likeness (QED) is 0.374. The van der Waals surface area contributed by atoms with E-state index in [0.29, 0.717) is 36.7 Å². The summed E-state index contributed by atoms with van der Waals surface area (Å²) in [7, 11) is 0. The number of allylic oxidation sites excluding steroid dienone is 4. The van der Waals surface area contributed by atoms with Crippen molar-refractivity contribution in [3.63, 3.8) is 0 Å². The van der Waals surface area contributed by atoms with Crippen LogP contribution in [0, 0.1) is 5.92 Å². The lowest BCUT2D eigenvalue weighted by molar-refractivity contribution is -0.137. The number of carbonyl (C=O) groups is 1. The summed E-state index contributed by atoms with van der Waals surface area (Å²) in [6.07, 6.45) is 1.11. The minimum atomic E-state index is -4.55. The van der Waals surface area contributed by atoms with Gasteiger partial charge in [0.15, 0.2) is 0 Å². The fourth-order valence-electron chi connectivity index (χ4n) is 3.28. The molecule has 2 rings (SSSR count). The van der Waals surface area contributed by atoms with Crippen LogP contribution in [-0.4, -0.2) is 18.5 Å². The first-order chi connectivity index (χ1) is 14.5. The molecule has 170 valence electrons. The molecule has 0 aromatic heterocycles. The molecule has 1 aromatic rings. The van der Waals surface area contributed by atoms with Gasteiger partial charge in [-0.1, -0.05) is 18.2 Å². The SMILES string of the molecule is C=C(C)/C(F)=C\C=C(/N)NC[C@H]1CC[C@H](NC(=O)c2cc(C(F)(F)F)ccc2Cl)CC1. The summed E-state index contributed by atoms with van der Waals surface area (Å²) in [4.78, 5) is 12.4. The normalized spacial score (nSPS) is 20.3. The molecule has 1 saturated carbocycles. The minimum Gasteiger partial charge on any atom is -0.386 e. The number of nitrogens with one attached hydrogen (secondary N) is 2. The monoisotopic (exact) mass is 459 g/mol. The largest absolute Gasteiger partial charge is 0.416 e. The number of alkyl halides is 3. The van der Waals surface area contributed by atoms with E-state index >= 15 is 0 Å². The summed E-state index contributed by atoms with van der Waals surface area (Å²) in [5, 5.41) is 5.80. The van der Waals surface area contributed by atoms with Gasteiger partial charge in [-0.05, 0) is 74.4 Å².